The monoisotopic (exact) mass is 423 g/mol. The van der Waals surface area contributed by atoms with E-state index in [4.69, 9.17) is 4.74 Å². The van der Waals surface area contributed by atoms with Crippen molar-refractivity contribution in [2.24, 2.45) is 0 Å². The molecule has 0 saturated carbocycles. The maximum atomic E-state index is 13.0. The van der Waals surface area contributed by atoms with Gasteiger partial charge in [0.2, 0.25) is 0 Å². The van der Waals surface area contributed by atoms with Crippen molar-refractivity contribution in [2.45, 2.75) is 6.92 Å². The van der Waals surface area contributed by atoms with Gasteiger partial charge in [-0.25, -0.2) is 0 Å². The van der Waals surface area contributed by atoms with E-state index in [0.29, 0.717) is 29.3 Å². The lowest BCUT2D eigenvalue weighted by atomic mass is 10.1. The molecule has 0 radical (unpaired) electrons. The maximum Gasteiger partial charge on any atom is 0.274 e. The van der Waals surface area contributed by atoms with Crippen LogP contribution in [-0.2, 0) is 4.74 Å². The predicted octanol–water partition coefficient (Wildman–Crippen LogP) is 4.72. The molecule has 1 saturated heterocycles. The van der Waals surface area contributed by atoms with Crippen LogP contribution in [0.25, 0.3) is 11.1 Å². The fraction of sp³-hybridized carbons (Fsp3) is 0.227. The van der Waals surface area contributed by atoms with Crippen molar-refractivity contribution in [3.05, 3.63) is 75.2 Å². The van der Waals surface area contributed by atoms with Crippen LogP contribution >= 0.6 is 11.3 Å². The van der Waals surface area contributed by atoms with E-state index in [1.54, 1.807) is 19.1 Å². The van der Waals surface area contributed by atoms with Crippen LogP contribution in [0.1, 0.15) is 15.2 Å². The van der Waals surface area contributed by atoms with E-state index in [1.165, 1.54) is 17.4 Å². The Kier molecular flexibility index (Phi) is 5.78. The van der Waals surface area contributed by atoms with E-state index in [1.807, 2.05) is 36.4 Å². The number of carbonyl (C=O) groups excluding carboxylic acids is 1. The van der Waals surface area contributed by atoms with E-state index >= 15 is 0 Å². The molecule has 1 fully saturated rings. The Morgan fingerprint density at radius 1 is 1.13 bits per heavy atom. The van der Waals surface area contributed by atoms with Crippen LogP contribution in [-0.4, -0.2) is 37.1 Å². The number of amides is 1. The van der Waals surface area contributed by atoms with Gasteiger partial charge in [0.1, 0.15) is 0 Å². The summed E-state index contributed by atoms with van der Waals surface area (Å²) in [4.78, 5) is 26.6. The Labute approximate surface area is 178 Å². The van der Waals surface area contributed by atoms with Gasteiger partial charge in [0.15, 0.2) is 0 Å². The molecule has 7 nitrogen and oxygen atoms in total. The van der Waals surface area contributed by atoms with Crippen LogP contribution in [0.3, 0.4) is 0 Å². The summed E-state index contributed by atoms with van der Waals surface area (Å²) < 4.78 is 5.47. The summed E-state index contributed by atoms with van der Waals surface area (Å²) in [5, 5.41) is 15.1. The highest BCUT2D eigenvalue weighted by Crippen LogP contribution is 2.40. The largest absolute Gasteiger partial charge is 0.378 e. The third-order valence-electron chi connectivity index (χ3n) is 5.07. The van der Waals surface area contributed by atoms with Crippen LogP contribution in [0.4, 0.5) is 16.4 Å². The molecular weight excluding hydrogens is 402 g/mol. The minimum atomic E-state index is -0.444. The number of rotatable bonds is 5. The molecule has 154 valence electrons. The van der Waals surface area contributed by atoms with Gasteiger partial charge in [-0.05, 0) is 24.6 Å². The Morgan fingerprint density at radius 2 is 1.87 bits per heavy atom. The molecule has 30 heavy (non-hydrogen) atoms. The van der Waals surface area contributed by atoms with E-state index in [9.17, 15) is 14.9 Å². The number of nitro groups is 1. The van der Waals surface area contributed by atoms with Gasteiger partial charge in [-0.15, -0.1) is 11.3 Å². The number of benzene rings is 2. The minimum Gasteiger partial charge on any atom is -0.378 e. The molecule has 1 N–H and O–H groups in total. The van der Waals surface area contributed by atoms with Gasteiger partial charge in [0, 0.05) is 24.7 Å². The van der Waals surface area contributed by atoms with Gasteiger partial charge in [-0.3, -0.25) is 14.9 Å². The van der Waals surface area contributed by atoms with Crippen molar-refractivity contribution in [1.29, 1.82) is 0 Å². The molecule has 0 spiro atoms. The SMILES string of the molecule is Cc1c(NC(=O)c2cc(-c3ccccc3)c(N3CCOCC3)s2)cccc1[N+](=O)[O-]. The van der Waals surface area contributed by atoms with Crippen LogP contribution in [0.5, 0.6) is 0 Å². The molecule has 4 rings (SSSR count). The molecular formula is C22H21N3O4S. The highest BCUT2D eigenvalue weighted by molar-refractivity contribution is 7.18. The summed E-state index contributed by atoms with van der Waals surface area (Å²) >= 11 is 1.43. The van der Waals surface area contributed by atoms with E-state index in [0.717, 1.165) is 29.2 Å². The van der Waals surface area contributed by atoms with Crippen molar-refractivity contribution in [3.8, 4) is 11.1 Å². The summed E-state index contributed by atoms with van der Waals surface area (Å²) in [6, 6.07) is 16.5. The van der Waals surface area contributed by atoms with Gasteiger partial charge < -0.3 is 15.0 Å². The van der Waals surface area contributed by atoms with Crippen molar-refractivity contribution in [3.63, 3.8) is 0 Å². The van der Waals surface area contributed by atoms with Crippen molar-refractivity contribution < 1.29 is 14.5 Å². The number of nitro benzene ring substituents is 1. The third kappa shape index (κ3) is 4.05. The lowest BCUT2D eigenvalue weighted by Gasteiger charge is -2.28. The van der Waals surface area contributed by atoms with Crippen LogP contribution < -0.4 is 10.2 Å². The normalized spacial score (nSPS) is 13.8. The van der Waals surface area contributed by atoms with Gasteiger partial charge in [-0.1, -0.05) is 36.4 Å². The van der Waals surface area contributed by atoms with Crippen LogP contribution in [0, 0.1) is 17.0 Å². The quantitative estimate of drug-likeness (QED) is 0.474. The molecule has 8 heteroatoms. The third-order valence-corrected chi connectivity index (χ3v) is 6.26. The molecule has 1 amide bonds. The number of thiophene rings is 1. The highest BCUT2D eigenvalue weighted by atomic mass is 32.1. The lowest BCUT2D eigenvalue weighted by Crippen LogP contribution is -2.35. The van der Waals surface area contributed by atoms with Crippen molar-refractivity contribution in [1.82, 2.24) is 0 Å². The summed E-state index contributed by atoms with van der Waals surface area (Å²) in [6.45, 7) is 4.48. The zero-order valence-corrected chi connectivity index (χ0v) is 17.3. The molecule has 1 aliphatic rings. The Hall–Kier alpha value is -3.23. The first-order valence-corrected chi connectivity index (χ1v) is 10.4. The number of hydrogen-bond donors (Lipinski definition) is 1. The zero-order valence-electron chi connectivity index (χ0n) is 16.5. The van der Waals surface area contributed by atoms with E-state index in [2.05, 4.69) is 10.2 Å². The Balaban J connectivity index is 1.67. The highest BCUT2D eigenvalue weighted by Gasteiger charge is 2.23. The standard InChI is InChI=1S/C22H21N3O4S/c1-15-18(8-5-9-19(15)25(27)28)23-21(26)20-14-17(16-6-3-2-4-7-16)22(30-20)24-10-12-29-13-11-24/h2-9,14H,10-13H2,1H3,(H,23,26). The first-order valence-electron chi connectivity index (χ1n) is 9.62. The summed E-state index contributed by atoms with van der Waals surface area (Å²) in [5.74, 6) is -0.278. The number of anilines is 2. The lowest BCUT2D eigenvalue weighted by molar-refractivity contribution is -0.385. The topological polar surface area (TPSA) is 84.7 Å². The molecule has 0 aliphatic carbocycles. The molecule has 2 aromatic carbocycles. The number of nitrogens with one attached hydrogen (secondary N) is 1. The van der Waals surface area contributed by atoms with Gasteiger partial charge in [0.25, 0.3) is 11.6 Å². The zero-order chi connectivity index (χ0) is 21.1. The smallest absolute Gasteiger partial charge is 0.274 e. The maximum absolute atomic E-state index is 13.0. The second kappa shape index (κ2) is 8.64. The van der Waals surface area contributed by atoms with Gasteiger partial charge in [-0.2, -0.15) is 0 Å². The van der Waals surface area contributed by atoms with E-state index < -0.39 is 4.92 Å². The summed E-state index contributed by atoms with van der Waals surface area (Å²) in [6.07, 6.45) is 0. The minimum absolute atomic E-state index is 0.0158. The average Bonchev–Trinajstić information content (AvgIpc) is 3.22. The Morgan fingerprint density at radius 3 is 2.57 bits per heavy atom. The molecule has 1 aliphatic heterocycles. The second-order valence-electron chi connectivity index (χ2n) is 6.96. The molecule has 2 heterocycles. The molecule has 0 unspecified atom stereocenters. The van der Waals surface area contributed by atoms with Crippen molar-refractivity contribution >= 4 is 33.6 Å². The fourth-order valence-corrected chi connectivity index (χ4v) is 4.59. The summed E-state index contributed by atoms with van der Waals surface area (Å²) in [7, 11) is 0. The molecule has 3 aromatic rings. The van der Waals surface area contributed by atoms with Crippen LogP contribution in [0.2, 0.25) is 0 Å². The predicted molar refractivity (Wildman–Crippen MR) is 119 cm³/mol. The van der Waals surface area contributed by atoms with Gasteiger partial charge >= 0.3 is 0 Å². The molecule has 0 bridgehead atoms. The first kappa shape index (κ1) is 20.1. The fourth-order valence-electron chi connectivity index (χ4n) is 3.46. The summed E-state index contributed by atoms with van der Waals surface area (Å²) in [5.41, 5.74) is 2.91. The van der Waals surface area contributed by atoms with Gasteiger partial charge in [0.05, 0.1) is 39.3 Å². The first-order chi connectivity index (χ1) is 14.5. The molecule has 1 aromatic heterocycles. The molecule has 0 atom stereocenters. The number of carbonyl (C=O) groups is 1. The number of hydrogen-bond acceptors (Lipinski definition) is 6. The van der Waals surface area contributed by atoms with E-state index in [-0.39, 0.29) is 11.6 Å². The number of morpholine rings is 1. The second-order valence-corrected chi connectivity index (χ2v) is 7.99. The average molecular weight is 423 g/mol. The van der Waals surface area contributed by atoms with Crippen molar-refractivity contribution in [2.75, 3.05) is 36.5 Å². The van der Waals surface area contributed by atoms with Crippen LogP contribution in [0.15, 0.2) is 54.6 Å². The number of nitrogens with zero attached hydrogens (tertiary/aromatic N) is 2. The number of ether oxygens (including phenoxy) is 1. The Bertz CT molecular complexity index is 1080.